The molecule has 158 valence electrons. The van der Waals surface area contributed by atoms with E-state index in [0.717, 1.165) is 22.6 Å². The number of rotatable bonds is 3. The number of carbonyl (C=O) groups excluding carboxylic acids is 2. The number of anilines is 1. The number of nitrogens with zero attached hydrogens (tertiary/aromatic N) is 1. The standard InChI is InChI=1S/C23H22F3NO3/c1-13-8-5-6-11-16(13)18-17(20(29)22(2,3)4)19(28)21(30)27(18)15-10-7-9-14(12-15)23(24,25)26/h5-12,18,28H,1-4H3. The van der Waals surface area contributed by atoms with Gasteiger partial charge in [0.15, 0.2) is 11.5 Å². The first kappa shape index (κ1) is 21.6. The van der Waals surface area contributed by atoms with Gasteiger partial charge in [0.05, 0.1) is 17.2 Å². The van der Waals surface area contributed by atoms with Crippen LogP contribution < -0.4 is 4.90 Å². The van der Waals surface area contributed by atoms with Crippen molar-refractivity contribution in [3.8, 4) is 0 Å². The Morgan fingerprint density at radius 2 is 1.67 bits per heavy atom. The van der Waals surface area contributed by atoms with Crippen molar-refractivity contribution >= 4 is 17.4 Å². The third-order valence-electron chi connectivity index (χ3n) is 5.07. The zero-order valence-corrected chi connectivity index (χ0v) is 17.0. The van der Waals surface area contributed by atoms with E-state index in [1.165, 1.54) is 12.1 Å². The maximum atomic E-state index is 13.3. The number of alkyl halides is 3. The molecule has 30 heavy (non-hydrogen) atoms. The van der Waals surface area contributed by atoms with Gasteiger partial charge in [-0.25, -0.2) is 0 Å². The molecule has 0 radical (unpaired) electrons. The van der Waals surface area contributed by atoms with Crippen LogP contribution in [0.1, 0.15) is 43.5 Å². The SMILES string of the molecule is Cc1ccccc1C1C(C(=O)C(C)(C)C)=C(O)C(=O)N1c1cccc(C(F)(F)F)c1. The predicted octanol–water partition coefficient (Wildman–Crippen LogP) is 5.53. The number of aliphatic hydroxyl groups is 1. The van der Waals surface area contributed by atoms with Crippen molar-refractivity contribution in [1.29, 1.82) is 0 Å². The van der Waals surface area contributed by atoms with Gasteiger partial charge in [-0.05, 0) is 36.2 Å². The third-order valence-corrected chi connectivity index (χ3v) is 5.07. The van der Waals surface area contributed by atoms with Gasteiger partial charge in [-0.15, -0.1) is 0 Å². The van der Waals surface area contributed by atoms with Crippen LogP contribution in [0.3, 0.4) is 0 Å². The van der Waals surface area contributed by atoms with Crippen LogP contribution in [0.2, 0.25) is 0 Å². The Morgan fingerprint density at radius 3 is 2.23 bits per heavy atom. The highest BCUT2D eigenvalue weighted by molar-refractivity contribution is 6.17. The van der Waals surface area contributed by atoms with Gasteiger partial charge in [0.2, 0.25) is 0 Å². The first-order chi connectivity index (χ1) is 13.8. The second kappa shape index (κ2) is 7.31. The highest BCUT2D eigenvalue weighted by atomic mass is 19.4. The third kappa shape index (κ3) is 3.72. The minimum atomic E-state index is -4.60. The summed E-state index contributed by atoms with van der Waals surface area (Å²) in [6.45, 7) is 6.74. The molecule has 4 nitrogen and oxygen atoms in total. The Kier molecular flexibility index (Phi) is 5.26. The maximum Gasteiger partial charge on any atom is 0.416 e. The Balaban J connectivity index is 2.25. The van der Waals surface area contributed by atoms with Crippen LogP contribution in [0, 0.1) is 12.3 Å². The van der Waals surface area contributed by atoms with Crippen LogP contribution >= 0.6 is 0 Å². The molecule has 2 aromatic rings. The first-order valence-corrected chi connectivity index (χ1v) is 9.38. The van der Waals surface area contributed by atoms with Crippen molar-refractivity contribution in [2.24, 2.45) is 5.41 Å². The molecule has 2 aromatic carbocycles. The van der Waals surface area contributed by atoms with E-state index in [0.29, 0.717) is 5.56 Å². The molecule has 3 rings (SSSR count). The van der Waals surface area contributed by atoms with E-state index in [1.807, 2.05) is 0 Å². The molecule has 1 aliphatic heterocycles. The molecule has 7 heteroatoms. The highest BCUT2D eigenvalue weighted by Gasteiger charge is 2.47. The smallest absolute Gasteiger partial charge is 0.416 e. The molecule has 0 fully saturated rings. The van der Waals surface area contributed by atoms with Crippen molar-refractivity contribution in [3.05, 3.63) is 76.6 Å². The fraction of sp³-hybridized carbons (Fsp3) is 0.304. The summed E-state index contributed by atoms with van der Waals surface area (Å²) >= 11 is 0. The molecule has 0 aliphatic carbocycles. The number of Topliss-reactive ketones (excluding diaryl/α,β-unsaturated/α-hetero) is 1. The summed E-state index contributed by atoms with van der Waals surface area (Å²) in [6, 6.07) is 10.2. The molecule has 1 amide bonds. The number of hydrogen-bond donors (Lipinski definition) is 1. The number of hydrogen-bond acceptors (Lipinski definition) is 3. The lowest BCUT2D eigenvalue weighted by Gasteiger charge is -2.30. The lowest BCUT2D eigenvalue weighted by molar-refractivity contribution is -0.137. The fourth-order valence-corrected chi connectivity index (χ4v) is 3.53. The Hall–Kier alpha value is -3.09. The number of aliphatic hydroxyl groups excluding tert-OH is 1. The molecule has 0 spiro atoms. The van der Waals surface area contributed by atoms with Crippen LogP contribution in [-0.2, 0) is 15.8 Å². The van der Waals surface area contributed by atoms with Gasteiger partial charge in [0.25, 0.3) is 5.91 Å². The second-order valence-corrected chi connectivity index (χ2v) is 8.32. The highest BCUT2D eigenvalue weighted by Crippen LogP contribution is 2.45. The topological polar surface area (TPSA) is 57.6 Å². The number of amides is 1. The average Bonchev–Trinajstić information content (AvgIpc) is 2.91. The number of carbonyl (C=O) groups is 2. The number of benzene rings is 2. The van der Waals surface area contributed by atoms with Gasteiger partial charge in [-0.2, -0.15) is 13.2 Å². The number of aryl methyl sites for hydroxylation is 1. The summed E-state index contributed by atoms with van der Waals surface area (Å²) in [5, 5.41) is 10.6. The van der Waals surface area contributed by atoms with Gasteiger partial charge in [0.1, 0.15) is 0 Å². The van der Waals surface area contributed by atoms with Gasteiger partial charge in [0, 0.05) is 11.1 Å². The van der Waals surface area contributed by atoms with Crippen LogP contribution in [-0.4, -0.2) is 16.8 Å². The van der Waals surface area contributed by atoms with Gasteiger partial charge in [-0.1, -0.05) is 51.1 Å². The van der Waals surface area contributed by atoms with E-state index >= 15 is 0 Å². The predicted molar refractivity (Wildman–Crippen MR) is 107 cm³/mol. The molecular formula is C23H22F3NO3. The van der Waals surface area contributed by atoms with E-state index in [-0.39, 0.29) is 11.3 Å². The normalized spacial score (nSPS) is 17.6. The Labute approximate surface area is 172 Å². The molecule has 1 heterocycles. The van der Waals surface area contributed by atoms with Crippen molar-refractivity contribution in [2.45, 2.75) is 39.9 Å². The van der Waals surface area contributed by atoms with Crippen molar-refractivity contribution < 1.29 is 27.9 Å². The van der Waals surface area contributed by atoms with Crippen molar-refractivity contribution in [2.75, 3.05) is 4.90 Å². The van der Waals surface area contributed by atoms with Crippen LogP contribution in [0.15, 0.2) is 59.9 Å². The minimum absolute atomic E-state index is 0.0497. The Bertz CT molecular complexity index is 1050. The quantitative estimate of drug-likeness (QED) is 0.715. The van der Waals surface area contributed by atoms with E-state index in [4.69, 9.17) is 0 Å². The summed E-state index contributed by atoms with van der Waals surface area (Å²) in [6.07, 6.45) is -4.60. The molecule has 0 saturated carbocycles. The van der Waals surface area contributed by atoms with E-state index < -0.39 is 40.6 Å². The van der Waals surface area contributed by atoms with E-state index in [9.17, 15) is 27.9 Å². The van der Waals surface area contributed by atoms with Crippen LogP contribution in [0.25, 0.3) is 0 Å². The largest absolute Gasteiger partial charge is 0.503 e. The number of ketones is 1. The van der Waals surface area contributed by atoms with Gasteiger partial charge < -0.3 is 5.11 Å². The van der Waals surface area contributed by atoms with E-state index in [1.54, 1.807) is 52.0 Å². The summed E-state index contributed by atoms with van der Waals surface area (Å²) < 4.78 is 39.8. The zero-order valence-electron chi connectivity index (χ0n) is 17.0. The summed E-state index contributed by atoms with van der Waals surface area (Å²) in [7, 11) is 0. The van der Waals surface area contributed by atoms with Gasteiger partial charge >= 0.3 is 6.18 Å². The molecular weight excluding hydrogens is 395 g/mol. The lowest BCUT2D eigenvalue weighted by atomic mass is 9.81. The maximum absolute atomic E-state index is 13.3. The minimum Gasteiger partial charge on any atom is -0.503 e. The molecule has 0 bridgehead atoms. The van der Waals surface area contributed by atoms with Crippen molar-refractivity contribution in [3.63, 3.8) is 0 Å². The van der Waals surface area contributed by atoms with Crippen LogP contribution in [0.4, 0.5) is 18.9 Å². The van der Waals surface area contributed by atoms with Gasteiger partial charge in [-0.3, -0.25) is 14.5 Å². The lowest BCUT2D eigenvalue weighted by Crippen LogP contribution is -2.33. The average molecular weight is 417 g/mol. The molecule has 0 saturated heterocycles. The first-order valence-electron chi connectivity index (χ1n) is 9.38. The second-order valence-electron chi connectivity index (χ2n) is 8.32. The molecule has 0 aromatic heterocycles. The van der Waals surface area contributed by atoms with Crippen molar-refractivity contribution in [1.82, 2.24) is 0 Å². The zero-order chi connectivity index (χ0) is 22.4. The number of halogens is 3. The summed E-state index contributed by atoms with van der Waals surface area (Å²) in [5.74, 6) is -2.09. The molecule has 1 N–H and O–H groups in total. The molecule has 1 unspecified atom stereocenters. The van der Waals surface area contributed by atoms with E-state index in [2.05, 4.69) is 0 Å². The van der Waals surface area contributed by atoms with Crippen LogP contribution in [0.5, 0.6) is 0 Å². The summed E-state index contributed by atoms with van der Waals surface area (Å²) in [5.41, 5.74) is -0.702. The monoisotopic (exact) mass is 417 g/mol. The molecule has 1 atom stereocenters. The fourth-order valence-electron chi connectivity index (χ4n) is 3.53. The summed E-state index contributed by atoms with van der Waals surface area (Å²) in [4.78, 5) is 27.2. The Morgan fingerprint density at radius 1 is 1.03 bits per heavy atom. The molecule has 1 aliphatic rings.